The van der Waals surface area contributed by atoms with E-state index < -0.39 is 47.3 Å². The zero-order chi connectivity index (χ0) is 51.4. The number of carbonyl (C=O) groups excluding carboxylic acids is 5. The normalized spacial score (nSPS) is 13.9. The molecule has 5 heterocycles. The minimum atomic E-state index is -1.41. The molecule has 2 fully saturated rings. The third-order valence-electron chi connectivity index (χ3n) is 11.6. The highest BCUT2D eigenvalue weighted by molar-refractivity contribution is 7.22. The standard InChI is InChI=1S/C26H27ClN2O4S.C12H10O3S.C10H6O3S.C8H6S/c27-19-13-17(7-10-21(19)33-18-8-9-18)24(30)20(15-29-11-3-4-12-29)28-26(32)25(31)23-14-16-5-1-2-6-22(16)34-23;1-2-15-12(14)11(13)10-7-8-5-3-4-6-9(8)16-10;11-9(10(12)13)8-5-6-3-1-2-4-7(6)14-8;1-2-4-8-7(3-1)5-6-9-8/h1-2,5-7,10,13-14,18,20,24,30H,3-4,8-9,11-12,15H2,(H,28,32);3-7H,2H2,1H3;1-5H,(H,12,13);1-6H/t20-,24-;;;/m1.../s1. The number of carbonyl (C=O) groups is 6. The molecular weight excluding hydrogens is 1020 g/mol. The number of ether oxygens (including phenoxy) is 2. The van der Waals surface area contributed by atoms with Gasteiger partial charge < -0.3 is 29.9 Å². The van der Waals surface area contributed by atoms with Crippen molar-refractivity contribution in [2.45, 2.75) is 50.9 Å². The number of likely N-dealkylation sites (tertiary alicyclic amines) is 1. The highest BCUT2D eigenvalue weighted by Gasteiger charge is 2.31. The molecule has 0 unspecified atom stereocenters. The highest BCUT2D eigenvalue weighted by atomic mass is 35.5. The molecule has 11 rings (SSSR count). The van der Waals surface area contributed by atoms with Crippen LogP contribution < -0.4 is 10.1 Å². The van der Waals surface area contributed by atoms with E-state index in [0.717, 1.165) is 69.0 Å². The largest absolute Gasteiger partial charge is 0.489 e. The number of hydrogen-bond donors (Lipinski definition) is 3. The molecule has 5 aromatic carbocycles. The number of carboxylic acids is 1. The van der Waals surface area contributed by atoms with E-state index in [4.69, 9.17) is 21.4 Å². The van der Waals surface area contributed by atoms with Gasteiger partial charge in [-0.05, 0) is 139 Å². The first-order valence-corrected chi connectivity index (χ1v) is 27.1. The molecule has 0 radical (unpaired) electrons. The number of aliphatic hydroxyl groups excluding tert-OH is 1. The first-order valence-electron chi connectivity index (χ1n) is 23.4. The first kappa shape index (κ1) is 52.7. The molecule has 1 saturated heterocycles. The lowest BCUT2D eigenvalue weighted by molar-refractivity contribution is -0.137. The Labute approximate surface area is 441 Å². The van der Waals surface area contributed by atoms with Gasteiger partial charge in [-0.3, -0.25) is 19.2 Å². The Morgan fingerprint density at radius 2 is 1.16 bits per heavy atom. The molecule has 2 atom stereocenters. The number of benzene rings is 5. The van der Waals surface area contributed by atoms with E-state index in [0.29, 0.717) is 32.6 Å². The summed E-state index contributed by atoms with van der Waals surface area (Å²) in [7, 11) is 0. The first-order chi connectivity index (χ1) is 35.3. The van der Waals surface area contributed by atoms with E-state index in [-0.39, 0.29) is 17.6 Å². The van der Waals surface area contributed by atoms with Crippen molar-refractivity contribution < 1.29 is 48.5 Å². The quantitative estimate of drug-likeness (QED) is 0.0536. The van der Waals surface area contributed by atoms with Crippen molar-refractivity contribution in [1.29, 1.82) is 0 Å². The Bertz CT molecular complexity index is 3290. The Kier molecular flexibility index (Phi) is 17.9. The molecule has 4 aromatic heterocycles. The molecule has 3 N–H and O–H groups in total. The lowest BCUT2D eigenvalue weighted by atomic mass is 10.0. The second kappa shape index (κ2) is 24.9. The van der Waals surface area contributed by atoms with Crippen LogP contribution in [0.3, 0.4) is 0 Å². The second-order valence-electron chi connectivity index (χ2n) is 17.0. The van der Waals surface area contributed by atoms with E-state index >= 15 is 0 Å². The number of amides is 1. The Morgan fingerprint density at radius 1 is 0.658 bits per heavy atom. The van der Waals surface area contributed by atoms with Crippen LogP contribution in [0.2, 0.25) is 5.02 Å². The van der Waals surface area contributed by atoms with Gasteiger partial charge in [-0.15, -0.1) is 45.3 Å². The molecule has 1 saturated carbocycles. The summed E-state index contributed by atoms with van der Waals surface area (Å²) in [5.41, 5.74) is 0.576. The van der Waals surface area contributed by atoms with Crippen LogP contribution in [0.1, 0.15) is 73.3 Å². The summed E-state index contributed by atoms with van der Waals surface area (Å²) in [4.78, 5) is 73.6. The number of hydrogen-bond acceptors (Lipinski definition) is 14. The molecule has 1 aliphatic carbocycles. The maximum Gasteiger partial charge on any atom is 0.380 e. The van der Waals surface area contributed by atoms with Crippen LogP contribution in [0, 0.1) is 0 Å². The molecular formula is C56H49ClN2O10S4. The van der Waals surface area contributed by atoms with Gasteiger partial charge in [-0.2, -0.15) is 0 Å². The molecule has 12 nitrogen and oxygen atoms in total. The zero-order valence-electron chi connectivity index (χ0n) is 39.4. The third-order valence-corrected chi connectivity index (χ3v) is 16.2. The fourth-order valence-corrected chi connectivity index (χ4v) is 11.8. The Balaban J connectivity index is 0.000000150. The summed E-state index contributed by atoms with van der Waals surface area (Å²) in [6.45, 7) is 4.15. The summed E-state index contributed by atoms with van der Waals surface area (Å²) < 4.78 is 14.7. The average molecular weight is 1070 g/mol. The fourth-order valence-electron chi connectivity index (χ4n) is 7.80. The number of ketones is 3. The topological polar surface area (TPSA) is 177 Å². The van der Waals surface area contributed by atoms with Gasteiger partial charge in [0.2, 0.25) is 0 Å². The monoisotopic (exact) mass is 1070 g/mol. The van der Waals surface area contributed by atoms with Crippen LogP contribution in [0.4, 0.5) is 0 Å². The number of carboxylic acid groups (broad SMARTS) is 1. The van der Waals surface area contributed by atoms with Crippen molar-refractivity contribution in [3.63, 3.8) is 0 Å². The number of nitrogens with one attached hydrogen (secondary N) is 1. The molecule has 0 bridgehead atoms. The fraction of sp³-hybridized carbons (Fsp3) is 0.214. The summed E-state index contributed by atoms with van der Waals surface area (Å²) in [5, 5.41) is 29.2. The lowest BCUT2D eigenvalue weighted by Gasteiger charge is -2.28. The van der Waals surface area contributed by atoms with Crippen LogP contribution in [0.15, 0.2) is 145 Å². The van der Waals surface area contributed by atoms with E-state index in [1.807, 2.05) is 72.8 Å². The number of Topliss-reactive ketones (excluding diaryl/α,β-unsaturated/α-hetero) is 3. The van der Waals surface area contributed by atoms with Crippen LogP contribution in [0.5, 0.6) is 5.75 Å². The minimum Gasteiger partial charge on any atom is -0.489 e. The number of nitrogens with zero attached hydrogens (tertiary/aromatic N) is 1. The predicted molar refractivity (Wildman–Crippen MR) is 292 cm³/mol. The van der Waals surface area contributed by atoms with Crippen molar-refractivity contribution in [2.75, 3.05) is 26.2 Å². The minimum absolute atomic E-state index is 0.218. The van der Waals surface area contributed by atoms with Crippen molar-refractivity contribution in [2.24, 2.45) is 0 Å². The van der Waals surface area contributed by atoms with Crippen LogP contribution in [0.25, 0.3) is 40.3 Å². The number of aliphatic hydroxyl groups is 1. The van der Waals surface area contributed by atoms with Gasteiger partial charge in [-0.25, -0.2) is 9.59 Å². The molecule has 2 aliphatic rings. The molecule has 1 aliphatic heterocycles. The summed E-state index contributed by atoms with van der Waals surface area (Å²) in [6, 6.07) is 42.9. The van der Waals surface area contributed by atoms with E-state index in [2.05, 4.69) is 50.7 Å². The smallest absolute Gasteiger partial charge is 0.380 e. The van der Waals surface area contributed by atoms with Crippen LogP contribution in [-0.4, -0.2) is 88.7 Å². The van der Waals surface area contributed by atoms with Crippen molar-refractivity contribution >= 4 is 132 Å². The number of esters is 1. The Hall–Kier alpha value is -6.63. The molecule has 73 heavy (non-hydrogen) atoms. The average Bonchev–Trinajstić information content (AvgIpc) is 4.02. The van der Waals surface area contributed by atoms with Crippen molar-refractivity contribution in [1.82, 2.24) is 10.2 Å². The van der Waals surface area contributed by atoms with Crippen molar-refractivity contribution in [3.05, 3.63) is 170 Å². The van der Waals surface area contributed by atoms with Gasteiger partial charge in [0.1, 0.15) is 11.9 Å². The molecule has 0 spiro atoms. The molecule has 17 heteroatoms. The van der Waals surface area contributed by atoms with Gasteiger partial charge >= 0.3 is 11.9 Å². The number of thiophene rings is 4. The summed E-state index contributed by atoms with van der Waals surface area (Å²) in [6.07, 6.45) is 3.41. The Morgan fingerprint density at radius 3 is 1.66 bits per heavy atom. The predicted octanol–water partition coefficient (Wildman–Crippen LogP) is 12.3. The van der Waals surface area contributed by atoms with E-state index in [9.17, 15) is 33.9 Å². The molecule has 374 valence electrons. The SMILES string of the molecule is CCOC(=O)C(=O)c1cc2ccccc2s1.O=C(N[C@H](CN1CCCC1)[C@H](O)c1ccc(OC2CC2)c(Cl)c1)C(=O)c1cc2ccccc2s1.O=C(O)C(=O)c1cc2ccccc2s1.c1ccc2sccc2c1. The number of rotatable bonds is 14. The zero-order valence-corrected chi connectivity index (χ0v) is 43.4. The van der Waals surface area contributed by atoms with Gasteiger partial charge in [0, 0.05) is 25.3 Å². The molecule has 9 aromatic rings. The maximum atomic E-state index is 13.0. The van der Waals surface area contributed by atoms with E-state index in [1.54, 1.807) is 54.7 Å². The second-order valence-corrected chi connectivity index (χ2v) is 21.6. The molecule has 1 amide bonds. The number of aliphatic carboxylic acids is 1. The summed E-state index contributed by atoms with van der Waals surface area (Å²) >= 11 is 12.0. The number of fused-ring (bicyclic) bond motifs is 4. The number of halogens is 1. The van der Waals surface area contributed by atoms with Crippen LogP contribution >= 0.6 is 56.9 Å². The van der Waals surface area contributed by atoms with Gasteiger partial charge in [-0.1, -0.05) is 90.5 Å². The van der Waals surface area contributed by atoms with E-state index in [1.165, 1.54) is 44.1 Å². The lowest BCUT2D eigenvalue weighted by Crippen LogP contribution is -2.48. The third kappa shape index (κ3) is 13.9. The maximum absolute atomic E-state index is 13.0. The van der Waals surface area contributed by atoms with Gasteiger partial charge in [0.05, 0.1) is 38.4 Å². The van der Waals surface area contributed by atoms with Gasteiger partial charge in [0.25, 0.3) is 23.3 Å². The van der Waals surface area contributed by atoms with Crippen LogP contribution in [-0.2, 0) is 19.1 Å². The summed E-state index contributed by atoms with van der Waals surface area (Å²) in [5.74, 6) is -4.30. The van der Waals surface area contributed by atoms with Gasteiger partial charge in [0.15, 0.2) is 0 Å². The van der Waals surface area contributed by atoms with Crippen molar-refractivity contribution in [3.8, 4) is 5.75 Å². The highest BCUT2D eigenvalue weighted by Crippen LogP contribution is 2.35.